The highest BCUT2D eigenvalue weighted by Crippen LogP contribution is 2.35. The van der Waals surface area contributed by atoms with E-state index in [0.717, 1.165) is 12.8 Å². The third kappa shape index (κ3) is 8.75. The van der Waals surface area contributed by atoms with Crippen LogP contribution in [0.25, 0.3) is 11.1 Å². The Kier molecular flexibility index (Phi) is 8.71. The Bertz CT molecular complexity index is 514. The standard InChI is InChI=1S/C12H10.C5H13O4P/c1-3-7-11(8-4-1)12-9-5-2-6-10-12;1-2-3-4-5-9-10(6,7)8/h1-10H;2-5H2,1H3,(H2,6,7,8). The molecular weight excluding hydrogens is 299 g/mol. The lowest BCUT2D eigenvalue weighted by Gasteiger charge is -2.02. The second-order valence-corrected chi connectivity index (χ2v) is 6.00. The summed E-state index contributed by atoms with van der Waals surface area (Å²) in [6, 6.07) is 20.8. The van der Waals surface area contributed by atoms with Crippen molar-refractivity contribution in [2.75, 3.05) is 6.61 Å². The summed E-state index contributed by atoms with van der Waals surface area (Å²) in [5.41, 5.74) is 2.55. The number of phosphoric acid groups is 1. The molecule has 0 saturated heterocycles. The van der Waals surface area contributed by atoms with Crippen LogP contribution in [0.2, 0.25) is 0 Å². The minimum absolute atomic E-state index is 0.151. The van der Waals surface area contributed by atoms with Gasteiger partial charge in [-0.3, -0.25) is 4.52 Å². The molecule has 0 amide bonds. The van der Waals surface area contributed by atoms with Crippen molar-refractivity contribution in [3.05, 3.63) is 60.7 Å². The molecule has 5 heteroatoms. The molecule has 0 atom stereocenters. The van der Waals surface area contributed by atoms with E-state index in [4.69, 9.17) is 9.79 Å². The van der Waals surface area contributed by atoms with Crippen LogP contribution in [0.3, 0.4) is 0 Å². The van der Waals surface area contributed by atoms with E-state index in [-0.39, 0.29) is 6.61 Å². The number of hydrogen-bond acceptors (Lipinski definition) is 2. The lowest BCUT2D eigenvalue weighted by molar-refractivity contribution is 0.193. The Labute approximate surface area is 132 Å². The molecule has 2 aromatic rings. The first-order valence-corrected chi connectivity index (χ1v) is 8.86. The number of rotatable bonds is 6. The number of hydrogen-bond donors (Lipinski definition) is 2. The molecule has 0 bridgehead atoms. The summed E-state index contributed by atoms with van der Waals surface area (Å²) in [5.74, 6) is 0. The van der Waals surface area contributed by atoms with Gasteiger partial charge in [-0.1, -0.05) is 80.4 Å². The summed E-state index contributed by atoms with van der Waals surface area (Å²) in [5, 5.41) is 0. The molecular formula is C17H23O4P. The summed E-state index contributed by atoms with van der Waals surface area (Å²) >= 11 is 0. The van der Waals surface area contributed by atoms with Crippen LogP contribution in [-0.4, -0.2) is 16.4 Å². The molecule has 0 saturated carbocycles. The molecule has 120 valence electrons. The zero-order valence-corrected chi connectivity index (χ0v) is 13.7. The van der Waals surface area contributed by atoms with Gasteiger partial charge in [0.2, 0.25) is 0 Å². The highest BCUT2D eigenvalue weighted by molar-refractivity contribution is 7.46. The molecule has 2 aromatic carbocycles. The van der Waals surface area contributed by atoms with Crippen molar-refractivity contribution < 1.29 is 18.9 Å². The zero-order valence-electron chi connectivity index (χ0n) is 12.8. The van der Waals surface area contributed by atoms with E-state index >= 15 is 0 Å². The van der Waals surface area contributed by atoms with Crippen LogP contribution in [0, 0.1) is 0 Å². The van der Waals surface area contributed by atoms with Crippen LogP contribution >= 0.6 is 7.82 Å². The summed E-state index contributed by atoms with van der Waals surface area (Å²) in [6.07, 6.45) is 2.67. The van der Waals surface area contributed by atoms with E-state index in [2.05, 4.69) is 53.1 Å². The Morgan fingerprint density at radius 1 is 0.864 bits per heavy atom. The maximum Gasteiger partial charge on any atom is 0.469 e. The lowest BCUT2D eigenvalue weighted by Crippen LogP contribution is -1.91. The average Bonchev–Trinajstić information content (AvgIpc) is 2.53. The molecule has 0 unspecified atom stereocenters. The average molecular weight is 322 g/mol. The van der Waals surface area contributed by atoms with E-state index in [1.807, 2.05) is 19.1 Å². The van der Waals surface area contributed by atoms with Gasteiger partial charge in [0.05, 0.1) is 6.61 Å². The van der Waals surface area contributed by atoms with Crippen molar-refractivity contribution in [2.45, 2.75) is 26.2 Å². The van der Waals surface area contributed by atoms with Crippen LogP contribution in [0.1, 0.15) is 26.2 Å². The first kappa shape index (κ1) is 18.6. The van der Waals surface area contributed by atoms with Crippen molar-refractivity contribution in [3.63, 3.8) is 0 Å². The zero-order chi connectivity index (χ0) is 16.3. The molecule has 0 aliphatic rings. The van der Waals surface area contributed by atoms with E-state index in [1.165, 1.54) is 11.1 Å². The fourth-order valence-corrected chi connectivity index (χ4v) is 2.16. The molecule has 0 heterocycles. The lowest BCUT2D eigenvalue weighted by atomic mass is 10.1. The van der Waals surface area contributed by atoms with E-state index < -0.39 is 7.82 Å². The molecule has 0 fully saturated rings. The Morgan fingerprint density at radius 2 is 1.32 bits per heavy atom. The van der Waals surface area contributed by atoms with Gasteiger partial charge in [0.15, 0.2) is 0 Å². The van der Waals surface area contributed by atoms with Crippen LogP contribution in [0.4, 0.5) is 0 Å². The monoisotopic (exact) mass is 322 g/mol. The van der Waals surface area contributed by atoms with Gasteiger partial charge in [-0.2, -0.15) is 0 Å². The molecule has 0 aliphatic heterocycles. The number of benzene rings is 2. The largest absolute Gasteiger partial charge is 0.469 e. The van der Waals surface area contributed by atoms with Gasteiger partial charge in [-0.05, 0) is 17.5 Å². The number of phosphoric ester groups is 1. The molecule has 0 spiro atoms. The molecule has 4 nitrogen and oxygen atoms in total. The molecule has 0 aliphatic carbocycles. The maximum absolute atomic E-state index is 10.1. The third-order valence-corrected chi connectivity index (χ3v) is 3.41. The van der Waals surface area contributed by atoms with E-state index in [1.54, 1.807) is 0 Å². The molecule has 0 radical (unpaired) electrons. The maximum atomic E-state index is 10.1. The van der Waals surface area contributed by atoms with Crippen LogP contribution in [0.5, 0.6) is 0 Å². The van der Waals surface area contributed by atoms with Crippen LogP contribution < -0.4 is 0 Å². The van der Waals surface area contributed by atoms with Crippen molar-refractivity contribution in [3.8, 4) is 11.1 Å². The predicted octanol–water partition coefficient (Wildman–Crippen LogP) is 4.64. The van der Waals surface area contributed by atoms with Gasteiger partial charge in [-0.25, -0.2) is 4.57 Å². The van der Waals surface area contributed by atoms with Crippen molar-refractivity contribution in [1.29, 1.82) is 0 Å². The highest BCUT2D eigenvalue weighted by atomic mass is 31.2. The SMILES string of the molecule is CCCCCOP(=O)(O)O.c1ccc(-c2ccccc2)cc1. The first-order chi connectivity index (χ1) is 10.5. The minimum atomic E-state index is -4.21. The Hall–Kier alpha value is -1.45. The van der Waals surface area contributed by atoms with Crippen LogP contribution in [-0.2, 0) is 9.09 Å². The summed E-state index contributed by atoms with van der Waals surface area (Å²) in [6.45, 7) is 2.16. The fourth-order valence-electron chi connectivity index (χ4n) is 1.80. The second-order valence-electron chi connectivity index (χ2n) is 4.76. The minimum Gasteiger partial charge on any atom is -0.303 e. The topological polar surface area (TPSA) is 66.8 Å². The smallest absolute Gasteiger partial charge is 0.303 e. The number of unbranched alkanes of at least 4 members (excludes halogenated alkanes) is 2. The molecule has 0 aromatic heterocycles. The van der Waals surface area contributed by atoms with Crippen LogP contribution in [0.15, 0.2) is 60.7 Å². The second kappa shape index (κ2) is 10.3. The normalized spacial score (nSPS) is 10.7. The van der Waals surface area contributed by atoms with Crippen molar-refractivity contribution in [1.82, 2.24) is 0 Å². The quantitative estimate of drug-likeness (QED) is 0.600. The van der Waals surface area contributed by atoms with Gasteiger partial charge < -0.3 is 9.79 Å². The van der Waals surface area contributed by atoms with E-state index in [9.17, 15) is 4.57 Å². The summed E-state index contributed by atoms with van der Waals surface area (Å²) in [4.78, 5) is 16.4. The predicted molar refractivity (Wildman–Crippen MR) is 89.4 cm³/mol. The fraction of sp³-hybridized carbons (Fsp3) is 0.294. The molecule has 22 heavy (non-hydrogen) atoms. The Balaban J connectivity index is 0.000000225. The molecule has 2 rings (SSSR count). The molecule has 2 N–H and O–H groups in total. The van der Waals surface area contributed by atoms with Gasteiger partial charge in [0.25, 0.3) is 0 Å². The summed E-state index contributed by atoms with van der Waals surface area (Å²) in [7, 11) is -4.21. The van der Waals surface area contributed by atoms with Gasteiger partial charge in [-0.15, -0.1) is 0 Å². The highest BCUT2D eigenvalue weighted by Gasteiger charge is 2.11. The first-order valence-electron chi connectivity index (χ1n) is 7.33. The van der Waals surface area contributed by atoms with Gasteiger partial charge in [0.1, 0.15) is 0 Å². The van der Waals surface area contributed by atoms with Gasteiger partial charge >= 0.3 is 7.82 Å². The van der Waals surface area contributed by atoms with E-state index in [0.29, 0.717) is 6.42 Å². The van der Waals surface area contributed by atoms with Crippen molar-refractivity contribution >= 4 is 7.82 Å². The van der Waals surface area contributed by atoms with Gasteiger partial charge in [0, 0.05) is 0 Å². The Morgan fingerprint density at radius 3 is 1.68 bits per heavy atom. The third-order valence-electron chi connectivity index (χ3n) is 2.89. The summed E-state index contributed by atoms with van der Waals surface area (Å²) < 4.78 is 14.3. The van der Waals surface area contributed by atoms with Crippen molar-refractivity contribution in [2.24, 2.45) is 0 Å².